The lowest BCUT2D eigenvalue weighted by atomic mass is 9.97. The Balaban J connectivity index is 2.17. The maximum Gasteiger partial charge on any atom is 0.0753 e. The third-order valence-electron chi connectivity index (χ3n) is 3.29. The first-order valence-corrected chi connectivity index (χ1v) is 7.79. The van der Waals surface area contributed by atoms with E-state index < -0.39 is 0 Å². The van der Waals surface area contributed by atoms with Crippen LogP contribution in [0.15, 0.2) is 63.7 Å². The molecule has 0 fully saturated rings. The average Bonchev–Trinajstić information content (AvgIpc) is 2.48. The van der Waals surface area contributed by atoms with E-state index >= 15 is 0 Å². The summed E-state index contributed by atoms with van der Waals surface area (Å²) in [4.78, 5) is 4.47. The predicted molar refractivity (Wildman–Crippen MR) is 89.6 cm³/mol. The van der Waals surface area contributed by atoms with E-state index in [0.29, 0.717) is 0 Å². The standard InChI is InChI=1S/C16H12Br2N2/c17-11-6-7-14(18)13(9-11)15(19)12-5-1-3-10-4-2-8-20-16(10)12/h1-9,15H,19H2. The third kappa shape index (κ3) is 2.51. The number of halogens is 2. The summed E-state index contributed by atoms with van der Waals surface area (Å²) in [5.74, 6) is 0. The van der Waals surface area contributed by atoms with E-state index in [1.165, 1.54) is 0 Å². The van der Waals surface area contributed by atoms with Crippen LogP contribution in [-0.4, -0.2) is 4.98 Å². The second kappa shape index (κ2) is 5.64. The van der Waals surface area contributed by atoms with E-state index in [1.807, 2.05) is 36.4 Å². The summed E-state index contributed by atoms with van der Waals surface area (Å²) in [7, 11) is 0. The summed E-state index contributed by atoms with van der Waals surface area (Å²) in [6, 6.07) is 15.9. The second-order valence-electron chi connectivity index (χ2n) is 4.57. The zero-order chi connectivity index (χ0) is 14.1. The molecular weight excluding hydrogens is 380 g/mol. The number of hydrogen-bond donors (Lipinski definition) is 1. The molecule has 3 rings (SSSR count). The SMILES string of the molecule is NC(c1cc(Br)ccc1Br)c1cccc2cccnc12. The fourth-order valence-corrected chi connectivity index (χ4v) is 3.17. The zero-order valence-corrected chi connectivity index (χ0v) is 13.7. The maximum atomic E-state index is 6.46. The van der Waals surface area contributed by atoms with Crippen molar-refractivity contribution in [2.75, 3.05) is 0 Å². The highest BCUT2D eigenvalue weighted by Gasteiger charge is 2.15. The molecule has 0 saturated carbocycles. The van der Waals surface area contributed by atoms with Gasteiger partial charge in [-0.25, -0.2) is 0 Å². The van der Waals surface area contributed by atoms with Gasteiger partial charge in [-0.15, -0.1) is 0 Å². The van der Waals surface area contributed by atoms with Gasteiger partial charge in [0.2, 0.25) is 0 Å². The molecule has 0 radical (unpaired) electrons. The largest absolute Gasteiger partial charge is 0.320 e. The lowest BCUT2D eigenvalue weighted by Crippen LogP contribution is -2.13. The minimum Gasteiger partial charge on any atom is -0.320 e. The van der Waals surface area contributed by atoms with Crippen LogP contribution in [0.1, 0.15) is 17.2 Å². The topological polar surface area (TPSA) is 38.9 Å². The molecule has 0 amide bonds. The van der Waals surface area contributed by atoms with E-state index in [2.05, 4.69) is 49.0 Å². The minimum atomic E-state index is -0.222. The van der Waals surface area contributed by atoms with Gasteiger partial charge in [0.25, 0.3) is 0 Å². The van der Waals surface area contributed by atoms with Crippen molar-refractivity contribution in [1.29, 1.82) is 0 Å². The summed E-state index contributed by atoms with van der Waals surface area (Å²) < 4.78 is 2.01. The first kappa shape index (κ1) is 13.7. The first-order valence-electron chi connectivity index (χ1n) is 6.21. The van der Waals surface area contributed by atoms with Crippen LogP contribution in [0.4, 0.5) is 0 Å². The normalized spacial score (nSPS) is 12.6. The Hall–Kier alpha value is -1.23. The fraction of sp³-hybridized carbons (Fsp3) is 0.0625. The van der Waals surface area contributed by atoms with Gasteiger partial charge in [-0.05, 0) is 35.4 Å². The van der Waals surface area contributed by atoms with E-state index in [-0.39, 0.29) is 6.04 Å². The van der Waals surface area contributed by atoms with Gasteiger partial charge in [0.05, 0.1) is 11.6 Å². The van der Waals surface area contributed by atoms with Gasteiger partial charge >= 0.3 is 0 Å². The van der Waals surface area contributed by atoms with Crippen molar-refractivity contribution in [1.82, 2.24) is 4.98 Å². The number of para-hydroxylation sites is 1. The lowest BCUT2D eigenvalue weighted by Gasteiger charge is -2.16. The van der Waals surface area contributed by atoms with Crippen LogP contribution in [0.25, 0.3) is 10.9 Å². The summed E-state index contributed by atoms with van der Waals surface area (Å²) in [5.41, 5.74) is 9.48. The molecule has 0 aliphatic rings. The monoisotopic (exact) mass is 390 g/mol. The molecule has 2 aromatic carbocycles. The van der Waals surface area contributed by atoms with Crippen LogP contribution in [0.5, 0.6) is 0 Å². The highest BCUT2D eigenvalue weighted by molar-refractivity contribution is 9.11. The maximum absolute atomic E-state index is 6.46. The molecular formula is C16H12Br2N2. The summed E-state index contributed by atoms with van der Waals surface area (Å²) in [5, 5.41) is 1.10. The van der Waals surface area contributed by atoms with Crippen molar-refractivity contribution < 1.29 is 0 Å². The van der Waals surface area contributed by atoms with Crippen molar-refractivity contribution in [2.24, 2.45) is 5.73 Å². The number of pyridine rings is 1. The molecule has 2 nitrogen and oxygen atoms in total. The second-order valence-corrected chi connectivity index (χ2v) is 6.34. The number of fused-ring (bicyclic) bond motifs is 1. The molecule has 2 N–H and O–H groups in total. The van der Waals surface area contributed by atoms with Crippen molar-refractivity contribution in [3.8, 4) is 0 Å². The molecule has 1 atom stereocenters. The smallest absolute Gasteiger partial charge is 0.0753 e. The molecule has 1 heterocycles. The number of nitrogens with two attached hydrogens (primary N) is 1. The first-order chi connectivity index (χ1) is 9.66. The molecule has 0 aliphatic carbocycles. The van der Waals surface area contributed by atoms with E-state index in [1.54, 1.807) is 6.20 Å². The quantitative estimate of drug-likeness (QED) is 0.680. The van der Waals surface area contributed by atoms with Crippen molar-refractivity contribution in [3.63, 3.8) is 0 Å². The number of rotatable bonds is 2. The van der Waals surface area contributed by atoms with Crippen molar-refractivity contribution >= 4 is 42.8 Å². The van der Waals surface area contributed by atoms with Crippen LogP contribution < -0.4 is 5.73 Å². The molecule has 0 bridgehead atoms. The van der Waals surface area contributed by atoms with E-state index in [9.17, 15) is 0 Å². The molecule has 3 aromatic rings. The van der Waals surface area contributed by atoms with Gasteiger partial charge in [-0.3, -0.25) is 4.98 Å². The molecule has 100 valence electrons. The van der Waals surface area contributed by atoms with Gasteiger partial charge in [-0.1, -0.05) is 56.1 Å². The Morgan fingerprint density at radius 2 is 1.75 bits per heavy atom. The molecule has 0 aliphatic heterocycles. The Morgan fingerprint density at radius 3 is 2.60 bits per heavy atom. The summed E-state index contributed by atoms with van der Waals surface area (Å²) in [6.07, 6.45) is 1.80. The van der Waals surface area contributed by atoms with Crippen LogP contribution in [0, 0.1) is 0 Å². The molecule has 20 heavy (non-hydrogen) atoms. The van der Waals surface area contributed by atoms with Gasteiger partial charge in [0.15, 0.2) is 0 Å². The Labute approximate surface area is 134 Å². The summed E-state index contributed by atoms with van der Waals surface area (Å²) in [6.45, 7) is 0. The number of hydrogen-bond acceptors (Lipinski definition) is 2. The number of benzene rings is 2. The van der Waals surface area contributed by atoms with Gasteiger partial charge < -0.3 is 5.73 Å². The van der Waals surface area contributed by atoms with Crippen LogP contribution >= 0.6 is 31.9 Å². The van der Waals surface area contributed by atoms with Crippen molar-refractivity contribution in [3.05, 3.63) is 74.8 Å². The Morgan fingerprint density at radius 1 is 0.950 bits per heavy atom. The average molecular weight is 392 g/mol. The van der Waals surface area contributed by atoms with E-state index in [0.717, 1.165) is 31.0 Å². The highest BCUT2D eigenvalue weighted by Crippen LogP contribution is 2.32. The lowest BCUT2D eigenvalue weighted by molar-refractivity contribution is 0.870. The molecule has 1 unspecified atom stereocenters. The minimum absolute atomic E-state index is 0.222. The highest BCUT2D eigenvalue weighted by atomic mass is 79.9. The predicted octanol–water partition coefficient (Wildman–Crippen LogP) is 4.81. The Bertz CT molecular complexity index is 766. The van der Waals surface area contributed by atoms with Crippen LogP contribution in [0.2, 0.25) is 0 Å². The van der Waals surface area contributed by atoms with Crippen LogP contribution in [-0.2, 0) is 0 Å². The molecule has 1 aromatic heterocycles. The van der Waals surface area contributed by atoms with Gasteiger partial charge in [-0.2, -0.15) is 0 Å². The van der Waals surface area contributed by atoms with Gasteiger partial charge in [0.1, 0.15) is 0 Å². The van der Waals surface area contributed by atoms with Crippen molar-refractivity contribution in [2.45, 2.75) is 6.04 Å². The third-order valence-corrected chi connectivity index (χ3v) is 4.51. The molecule has 4 heteroatoms. The number of nitrogens with zero attached hydrogens (tertiary/aromatic N) is 1. The zero-order valence-electron chi connectivity index (χ0n) is 10.6. The van der Waals surface area contributed by atoms with Crippen LogP contribution in [0.3, 0.4) is 0 Å². The van der Waals surface area contributed by atoms with E-state index in [4.69, 9.17) is 5.73 Å². The molecule has 0 spiro atoms. The summed E-state index contributed by atoms with van der Waals surface area (Å²) >= 11 is 7.07. The molecule has 0 saturated heterocycles. The number of aromatic nitrogens is 1. The fourth-order valence-electron chi connectivity index (χ4n) is 2.30. The Kier molecular flexibility index (Phi) is 3.87. The van der Waals surface area contributed by atoms with Gasteiger partial charge in [0, 0.05) is 20.5 Å².